The molecular formula is C17H18N4O2. The smallest absolute Gasteiger partial charge is 0.205 e. The minimum Gasteiger partial charge on any atom is -0.497 e. The molecule has 3 rings (SSSR count). The van der Waals surface area contributed by atoms with E-state index in [9.17, 15) is 0 Å². The predicted octanol–water partition coefficient (Wildman–Crippen LogP) is 2.74. The van der Waals surface area contributed by atoms with Gasteiger partial charge in [-0.05, 0) is 35.9 Å². The van der Waals surface area contributed by atoms with Crippen LogP contribution in [0.5, 0.6) is 11.5 Å². The van der Waals surface area contributed by atoms with Crippen molar-refractivity contribution in [1.29, 1.82) is 0 Å². The molecule has 3 aromatic rings. The van der Waals surface area contributed by atoms with Gasteiger partial charge in [-0.3, -0.25) is 0 Å². The van der Waals surface area contributed by atoms with Crippen molar-refractivity contribution in [3.8, 4) is 22.9 Å². The normalized spacial score (nSPS) is 10.5. The third-order valence-corrected chi connectivity index (χ3v) is 3.42. The van der Waals surface area contributed by atoms with Crippen LogP contribution in [0.1, 0.15) is 5.56 Å². The minimum atomic E-state index is 0.485. The Balaban J connectivity index is 1.62. The van der Waals surface area contributed by atoms with Crippen LogP contribution in [-0.2, 0) is 6.54 Å². The Morgan fingerprint density at radius 3 is 2.78 bits per heavy atom. The number of aromatic nitrogens is 4. The van der Waals surface area contributed by atoms with E-state index < -0.39 is 0 Å². The van der Waals surface area contributed by atoms with Crippen LogP contribution in [0.3, 0.4) is 0 Å². The van der Waals surface area contributed by atoms with Gasteiger partial charge in [0.05, 0.1) is 13.7 Å². The molecule has 6 heteroatoms. The molecule has 0 bridgehead atoms. The van der Waals surface area contributed by atoms with Crippen LogP contribution in [0.4, 0.5) is 0 Å². The van der Waals surface area contributed by atoms with E-state index in [1.165, 1.54) is 4.80 Å². The van der Waals surface area contributed by atoms with Gasteiger partial charge in [0.25, 0.3) is 0 Å². The summed E-state index contributed by atoms with van der Waals surface area (Å²) >= 11 is 0. The van der Waals surface area contributed by atoms with Crippen LogP contribution in [0.15, 0.2) is 48.5 Å². The lowest BCUT2D eigenvalue weighted by Gasteiger charge is -2.07. The van der Waals surface area contributed by atoms with Crippen molar-refractivity contribution in [2.24, 2.45) is 0 Å². The average Bonchev–Trinajstić information content (AvgIpc) is 3.06. The van der Waals surface area contributed by atoms with Gasteiger partial charge in [0.1, 0.15) is 18.1 Å². The standard InChI is InChI=1S/C17H18N4O2/c1-13-6-3-4-9-16(13)23-11-10-21-19-17(18-20-21)14-7-5-8-15(12-14)22-2/h3-9,12H,10-11H2,1-2H3. The molecule has 0 unspecified atom stereocenters. The monoisotopic (exact) mass is 310 g/mol. The van der Waals surface area contributed by atoms with Crippen molar-refractivity contribution in [2.75, 3.05) is 13.7 Å². The maximum absolute atomic E-state index is 5.74. The zero-order valence-corrected chi connectivity index (χ0v) is 13.1. The van der Waals surface area contributed by atoms with Crippen molar-refractivity contribution >= 4 is 0 Å². The van der Waals surface area contributed by atoms with Crippen LogP contribution in [-0.4, -0.2) is 33.9 Å². The highest BCUT2D eigenvalue weighted by Crippen LogP contribution is 2.20. The molecule has 0 saturated heterocycles. The van der Waals surface area contributed by atoms with Gasteiger partial charge < -0.3 is 9.47 Å². The highest BCUT2D eigenvalue weighted by Gasteiger charge is 2.07. The van der Waals surface area contributed by atoms with Crippen molar-refractivity contribution in [3.05, 3.63) is 54.1 Å². The van der Waals surface area contributed by atoms with Gasteiger partial charge in [-0.25, -0.2) is 0 Å². The molecule has 2 aromatic carbocycles. The molecule has 0 aliphatic rings. The molecule has 0 N–H and O–H groups in total. The fourth-order valence-electron chi connectivity index (χ4n) is 2.17. The molecular weight excluding hydrogens is 292 g/mol. The first-order valence-corrected chi connectivity index (χ1v) is 7.37. The SMILES string of the molecule is COc1cccc(-c2nnn(CCOc3ccccc3C)n2)c1. The average molecular weight is 310 g/mol. The Kier molecular flexibility index (Phi) is 4.52. The topological polar surface area (TPSA) is 62.1 Å². The second-order valence-electron chi connectivity index (χ2n) is 5.05. The number of rotatable bonds is 6. The highest BCUT2D eigenvalue weighted by atomic mass is 16.5. The summed E-state index contributed by atoms with van der Waals surface area (Å²) in [6.07, 6.45) is 0. The second kappa shape index (κ2) is 6.91. The summed E-state index contributed by atoms with van der Waals surface area (Å²) in [4.78, 5) is 1.53. The summed E-state index contributed by atoms with van der Waals surface area (Å²) in [5, 5.41) is 12.5. The van der Waals surface area contributed by atoms with E-state index in [1.54, 1.807) is 7.11 Å². The number of para-hydroxylation sites is 1. The summed E-state index contributed by atoms with van der Waals surface area (Å²) in [5.74, 6) is 2.21. The molecule has 0 radical (unpaired) electrons. The Morgan fingerprint density at radius 1 is 1.09 bits per heavy atom. The lowest BCUT2D eigenvalue weighted by molar-refractivity contribution is 0.279. The van der Waals surface area contributed by atoms with Gasteiger partial charge in [0, 0.05) is 5.56 Å². The third kappa shape index (κ3) is 3.66. The van der Waals surface area contributed by atoms with Crippen molar-refractivity contribution in [3.63, 3.8) is 0 Å². The molecule has 6 nitrogen and oxygen atoms in total. The number of aryl methyl sites for hydroxylation is 1. The summed E-state index contributed by atoms with van der Waals surface area (Å²) in [6, 6.07) is 15.5. The van der Waals surface area contributed by atoms with Crippen molar-refractivity contribution in [1.82, 2.24) is 20.2 Å². The summed E-state index contributed by atoms with van der Waals surface area (Å²) < 4.78 is 10.9. The Hall–Kier alpha value is -2.89. The molecule has 0 saturated carbocycles. The first-order chi connectivity index (χ1) is 11.3. The van der Waals surface area contributed by atoms with Crippen LogP contribution < -0.4 is 9.47 Å². The molecule has 23 heavy (non-hydrogen) atoms. The van der Waals surface area contributed by atoms with E-state index in [4.69, 9.17) is 9.47 Å². The molecule has 0 spiro atoms. The van der Waals surface area contributed by atoms with Gasteiger partial charge >= 0.3 is 0 Å². The Morgan fingerprint density at radius 2 is 1.96 bits per heavy atom. The van der Waals surface area contributed by atoms with Gasteiger partial charge in [-0.15, -0.1) is 10.2 Å². The molecule has 0 aliphatic carbocycles. The maximum Gasteiger partial charge on any atom is 0.205 e. The Labute approximate surface area is 134 Å². The number of hydrogen-bond donors (Lipinski definition) is 0. The van der Waals surface area contributed by atoms with E-state index in [0.29, 0.717) is 19.0 Å². The lowest BCUT2D eigenvalue weighted by atomic mass is 10.2. The molecule has 0 fully saturated rings. The molecule has 1 aromatic heterocycles. The molecule has 1 heterocycles. The first-order valence-electron chi connectivity index (χ1n) is 7.37. The fraction of sp³-hybridized carbons (Fsp3) is 0.235. The molecule has 118 valence electrons. The zero-order chi connectivity index (χ0) is 16.1. The molecule has 0 atom stereocenters. The number of benzene rings is 2. The van der Waals surface area contributed by atoms with Crippen LogP contribution >= 0.6 is 0 Å². The van der Waals surface area contributed by atoms with E-state index in [-0.39, 0.29) is 0 Å². The van der Waals surface area contributed by atoms with E-state index in [0.717, 1.165) is 22.6 Å². The van der Waals surface area contributed by atoms with Gasteiger partial charge in [0.15, 0.2) is 0 Å². The number of methoxy groups -OCH3 is 1. The predicted molar refractivity (Wildman–Crippen MR) is 86.5 cm³/mol. The summed E-state index contributed by atoms with van der Waals surface area (Å²) in [6.45, 7) is 3.04. The van der Waals surface area contributed by atoms with Crippen LogP contribution in [0, 0.1) is 6.92 Å². The maximum atomic E-state index is 5.74. The summed E-state index contributed by atoms with van der Waals surface area (Å²) in [5.41, 5.74) is 1.98. The molecule has 0 amide bonds. The van der Waals surface area contributed by atoms with Crippen molar-refractivity contribution in [2.45, 2.75) is 13.5 Å². The highest BCUT2D eigenvalue weighted by molar-refractivity contribution is 5.56. The second-order valence-corrected chi connectivity index (χ2v) is 5.05. The Bertz CT molecular complexity index is 786. The van der Waals surface area contributed by atoms with Crippen molar-refractivity contribution < 1.29 is 9.47 Å². The fourth-order valence-corrected chi connectivity index (χ4v) is 2.17. The van der Waals surface area contributed by atoms with E-state index >= 15 is 0 Å². The van der Waals surface area contributed by atoms with Gasteiger partial charge in [-0.2, -0.15) is 4.80 Å². The largest absolute Gasteiger partial charge is 0.497 e. The third-order valence-electron chi connectivity index (χ3n) is 3.42. The first kappa shape index (κ1) is 15.0. The van der Waals surface area contributed by atoms with E-state index in [1.807, 2.05) is 55.5 Å². The van der Waals surface area contributed by atoms with Gasteiger partial charge in [-0.1, -0.05) is 30.3 Å². The van der Waals surface area contributed by atoms with Crippen LogP contribution in [0.2, 0.25) is 0 Å². The number of hydrogen-bond acceptors (Lipinski definition) is 5. The quantitative estimate of drug-likeness (QED) is 0.700. The zero-order valence-electron chi connectivity index (χ0n) is 13.1. The number of tetrazole rings is 1. The molecule has 0 aliphatic heterocycles. The number of ether oxygens (including phenoxy) is 2. The minimum absolute atomic E-state index is 0.485. The lowest BCUT2D eigenvalue weighted by Crippen LogP contribution is -2.11. The van der Waals surface area contributed by atoms with Crippen LogP contribution in [0.25, 0.3) is 11.4 Å². The number of nitrogens with zero attached hydrogens (tertiary/aromatic N) is 4. The van der Waals surface area contributed by atoms with E-state index in [2.05, 4.69) is 15.4 Å². The van der Waals surface area contributed by atoms with Gasteiger partial charge in [0.2, 0.25) is 5.82 Å². The summed E-state index contributed by atoms with van der Waals surface area (Å²) in [7, 11) is 1.63.